The molecule has 2 aromatic rings. The fourth-order valence-corrected chi connectivity index (χ4v) is 2.97. The summed E-state index contributed by atoms with van der Waals surface area (Å²) >= 11 is 0. The van der Waals surface area contributed by atoms with E-state index in [4.69, 9.17) is 0 Å². The van der Waals surface area contributed by atoms with Gasteiger partial charge in [0.25, 0.3) is 10.0 Å². The molecule has 0 saturated heterocycles. The highest BCUT2D eigenvalue weighted by molar-refractivity contribution is 7.92. The summed E-state index contributed by atoms with van der Waals surface area (Å²) in [6, 6.07) is 8.89. The second kappa shape index (κ2) is 5.68. The molecule has 0 aliphatic heterocycles. The minimum absolute atomic E-state index is 0.0100. The van der Waals surface area contributed by atoms with Crippen LogP contribution in [0.1, 0.15) is 26.3 Å². The van der Waals surface area contributed by atoms with E-state index in [9.17, 15) is 17.2 Å². The van der Waals surface area contributed by atoms with Gasteiger partial charge in [0.15, 0.2) is 0 Å². The molecular weight excluding hydrogens is 308 g/mol. The van der Waals surface area contributed by atoms with Crippen molar-refractivity contribution in [2.75, 3.05) is 4.72 Å². The second-order valence-electron chi connectivity index (χ2n) is 6.00. The van der Waals surface area contributed by atoms with Crippen molar-refractivity contribution < 1.29 is 17.2 Å². The average molecular weight is 325 g/mol. The number of anilines is 1. The number of rotatable bonds is 3. The summed E-state index contributed by atoms with van der Waals surface area (Å²) in [6.07, 6.45) is 0. The highest BCUT2D eigenvalue weighted by Crippen LogP contribution is 2.25. The van der Waals surface area contributed by atoms with Gasteiger partial charge in [0.2, 0.25) is 0 Å². The smallest absolute Gasteiger partial charge is 0.261 e. The molecule has 2 rings (SSSR count). The topological polar surface area (TPSA) is 46.2 Å². The highest BCUT2D eigenvalue weighted by atomic mass is 32.2. The largest absolute Gasteiger partial charge is 0.277 e. The number of benzene rings is 2. The van der Waals surface area contributed by atoms with E-state index in [2.05, 4.69) is 4.72 Å². The van der Waals surface area contributed by atoms with Gasteiger partial charge in [-0.2, -0.15) is 0 Å². The Labute approximate surface area is 129 Å². The van der Waals surface area contributed by atoms with E-state index >= 15 is 0 Å². The van der Waals surface area contributed by atoms with Gasteiger partial charge in [-0.3, -0.25) is 4.72 Å². The highest BCUT2D eigenvalue weighted by Gasteiger charge is 2.19. The van der Waals surface area contributed by atoms with Crippen molar-refractivity contribution in [3.8, 4) is 0 Å². The minimum atomic E-state index is -3.97. The van der Waals surface area contributed by atoms with Gasteiger partial charge in [-0.05, 0) is 35.2 Å². The maximum atomic E-state index is 13.5. The van der Waals surface area contributed by atoms with Gasteiger partial charge in [0.05, 0.1) is 10.6 Å². The molecule has 0 aromatic heterocycles. The molecule has 0 fully saturated rings. The normalized spacial score (nSPS) is 12.2. The van der Waals surface area contributed by atoms with Crippen LogP contribution in [0.2, 0.25) is 0 Å². The Hall–Kier alpha value is -1.95. The number of nitrogens with one attached hydrogen (secondary N) is 1. The van der Waals surface area contributed by atoms with E-state index in [1.807, 2.05) is 20.8 Å². The van der Waals surface area contributed by atoms with E-state index in [1.165, 1.54) is 12.1 Å². The van der Waals surface area contributed by atoms with Crippen LogP contribution in [0.15, 0.2) is 47.4 Å². The fourth-order valence-electron chi connectivity index (χ4n) is 1.91. The van der Waals surface area contributed by atoms with Crippen LogP contribution in [0.3, 0.4) is 0 Å². The lowest BCUT2D eigenvalue weighted by Gasteiger charge is -2.19. The Kier molecular flexibility index (Phi) is 4.24. The quantitative estimate of drug-likeness (QED) is 0.925. The van der Waals surface area contributed by atoms with Crippen LogP contribution >= 0.6 is 0 Å². The van der Waals surface area contributed by atoms with Gasteiger partial charge in [-0.1, -0.05) is 32.9 Å². The van der Waals surface area contributed by atoms with Crippen molar-refractivity contribution >= 4 is 15.7 Å². The average Bonchev–Trinajstić information content (AvgIpc) is 2.42. The molecule has 0 aliphatic carbocycles. The third-order valence-corrected chi connectivity index (χ3v) is 4.58. The maximum absolute atomic E-state index is 13.5. The van der Waals surface area contributed by atoms with Crippen LogP contribution in [0.4, 0.5) is 14.5 Å². The summed E-state index contributed by atoms with van der Waals surface area (Å²) in [5.41, 5.74) is 0.452. The number of hydrogen-bond acceptors (Lipinski definition) is 2. The monoisotopic (exact) mass is 325 g/mol. The van der Waals surface area contributed by atoms with Crippen molar-refractivity contribution in [2.24, 2.45) is 0 Å². The van der Waals surface area contributed by atoms with Gasteiger partial charge >= 0.3 is 0 Å². The second-order valence-corrected chi connectivity index (χ2v) is 7.69. The Bertz CT molecular complexity index is 779. The molecule has 0 heterocycles. The van der Waals surface area contributed by atoms with Gasteiger partial charge in [0, 0.05) is 6.07 Å². The third-order valence-electron chi connectivity index (χ3n) is 3.20. The van der Waals surface area contributed by atoms with Crippen molar-refractivity contribution in [1.82, 2.24) is 0 Å². The first kappa shape index (κ1) is 16.4. The SMILES string of the molecule is CC(C)(C)c1ccc(S(=O)(=O)Nc2cc(F)ccc2F)cc1. The molecule has 22 heavy (non-hydrogen) atoms. The first-order valence-corrected chi connectivity index (χ1v) is 8.16. The van der Waals surface area contributed by atoms with Crippen LogP contribution in [0, 0.1) is 11.6 Å². The molecule has 3 nitrogen and oxygen atoms in total. The van der Waals surface area contributed by atoms with Gasteiger partial charge in [0.1, 0.15) is 11.6 Å². The summed E-state index contributed by atoms with van der Waals surface area (Å²) < 4.78 is 53.2. The molecule has 2 aromatic carbocycles. The van der Waals surface area contributed by atoms with Crippen LogP contribution in [-0.4, -0.2) is 8.42 Å². The van der Waals surface area contributed by atoms with Crippen LogP contribution in [-0.2, 0) is 15.4 Å². The predicted molar refractivity (Wildman–Crippen MR) is 82.3 cm³/mol. The molecule has 0 saturated carbocycles. The standard InChI is InChI=1S/C16H17F2NO2S/c1-16(2,3)11-4-7-13(8-5-11)22(20,21)19-15-10-12(17)6-9-14(15)18/h4-10,19H,1-3H3. The predicted octanol–water partition coefficient (Wildman–Crippen LogP) is 4.06. The molecule has 118 valence electrons. The molecule has 0 spiro atoms. The number of sulfonamides is 1. The molecule has 1 N–H and O–H groups in total. The minimum Gasteiger partial charge on any atom is -0.277 e. The maximum Gasteiger partial charge on any atom is 0.261 e. The first-order valence-electron chi connectivity index (χ1n) is 6.68. The zero-order chi connectivity index (χ0) is 16.5. The first-order chi connectivity index (χ1) is 10.1. The van der Waals surface area contributed by atoms with E-state index in [0.29, 0.717) is 0 Å². The summed E-state index contributed by atoms with van der Waals surface area (Å²) in [5, 5.41) is 0. The molecule has 0 atom stereocenters. The van der Waals surface area contributed by atoms with Crippen molar-refractivity contribution in [1.29, 1.82) is 0 Å². The molecule has 0 amide bonds. The van der Waals surface area contributed by atoms with Crippen molar-refractivity contribution in [2.45, 2.75) is 31.1 Å². The lowest BCUT2D eigenvalue weighted by molar-refractivity contribution is 0.586. The zero-order valence-corrected chi connectivity index (χ0v) is 13.3. The Morgan fingerprint density at radius 3 is 2.09 bits per heavy atom. The Morgan fingerprint density at radius 2 is 1.55 bits per heavy atom. The number of hydrogen-bond donors (Lipinski definition) is 1. The summed E-state index contributed by atoms with van der Waals surface area (Å²) in [5.74, 6) is -1.56. The van der Waals surface area contributed by atoms with E-state index in [-0.39, 0.29) is 10.3 Å². The van der Waals surface area contributed by atoms with Crippen LogP contribution in [0.25, 0.3) is 0 Å². The van der Waals surface area contributed by atoms with Crippen LogP contribution < -0.4 is 4.72 Å². The molecule has 0 aliphatic rings. The van der Waals surface area contributed by atoms with Gasteiger partial charge in [-0.25, -0.2) is 17.2 Å². The van der Waals surface area contributed by atoms with Gasteiger partial charge in [-0.15, -0.1) is 0 Å². The molecule has 0 unspecified atom stereocenters. The van der Waals surface area contributed by atoms with Crippen LogP contribution in [0.5, 0.6) is 0 Å². The lowest BCUT2D eigenvalue weighted by atomic mass is 9.87. The summed E-state index contributed by atoms with van der Waals surface area (Å²) in [4.78, 5) is -0.0100. The number of halogens is 2. The molecule has 0 bridgehead atoms. The van der Waals surface area contributed by atoms with E-state index in [0.717, 1.165) is 23.8 Å². The summed E-state index contributed by atoms with van der Waals surface area (Å²) in [6.45, 7) is 6.03. The molecular formula is C16H17F2NO2S. The lowest BCUT2D eigenvalue weighted by Crippen LogP contribution is -2.15. The molecule has 0 radical (unpaired) electrons. The van der Waals surface area contributed by atoms with E-state index in [1.54, 1.807) is 12.1 Å². The van der Waals surface area contributed by atoms with Crippen molar-refractivity contribution in [3.05, 3.63) is 59.7 Å². The summed E-state index contributed by atoms with van der Waals surface area (Å²) in [7, 11) is -3.97. The zero-order valence-electron chi connectivity index (χ0n) is 12.5. The Morgan fingerprint density at radius 1 is 0.955 bits per heavy atom. The third kappa shape index (κ3) is 3.62. The fraction of sp³-hybridized carbons (Fsp3) is 0.250. The Balaban J connectivity index is 2.33. The van der Waals surface area contributed by atoms with E-state index < -0.39 is 27.3 Å². The van der Waals surface area contributed by atoms with Crippen molar-refractivity contribution in [3.63, 3.8) is 0 Å². The molecule has 6 heteroatoms. The van der Waals surface area contributed by atoms with Gasteiger partial charge < -0.3 is 0 Å².